The molecule has 15 heavy (non-hydrogen) atoms. The Kier molecular flexibility index (Phi) is 3.85. The maximum Gasteiger partial charge on any atom is 0.307 e. The molecule has 1 aromatic carbocycles. The van der Waals surface area contributed by atoms with Gasteiger partial charge in [0.1, 0.15) is 11.6 Å². The van der Waals surface area contributed by atoms with Crippen LogP contribution in [0.25, 0.3) is 6.08 Å². The van der Waals surface area contributed by atoms with Gasteiger partial charge in [0.2, 0.25) is 0 Å². The van der Waals surface area contributed by atoms with Gasteiger partial charge in [-0.1, -0.05) is 12.2 Å². The van der Waals surface area contributed by atoms with Crippen molar-refractivity contribution in [3.05, 3.63) is 35.7 Å². The molecule has 0 spiro atoms. The van der Waals surface area contributed by atoms with E-state index in [4.69, 9.17) is 9.84 Å². The summed E-state index contributed by atoms with van der Waals surface area (Å²) in [5.41, 5.74) is 0.577. The highest BCUT2D eigenvalue weighted by atomic mass is 19.1. The summed E-state index contributed by atoms with van der Waals surface area (Å²) in [5, 5.41) is 8.40. The molecule has 3 nitrogen and oxygen atoms in total. The summed E-state index contributed by atoms with van der Waals surface area (Å²) >= 11 is 0. The summed E-state index contributed by atoms with van der Waals surface area (Å²) in [6.07, 6.45) is 2.91. The normalized spacial score (nSPS) is 10.5. The maximum absolute atomic E-state index is 13.0. The second kappa shape index (κ2) is 5.14. The second-order valence-corrected chi connectivity index (χ2v) is 2.92. The van der Waals surface area contributed by atoms with Crippen LogP contribution < -0.4 is 4.74 Å². The fraction of sp³-hybridized carbons (Fsp3) is 0.182. The summed E-state index contributed by atoms with van der Waals surface area (Å²) in [6.45, 7) is 0. The van der Waals surface area contributed by atoms with E-state index in [9.17, 15) is 9.18 Å². The second-order valence-electron chi connectivity index (χ2n) is 2.92. The number of hydrogen-bond acceptors (Lipinski definition) is 2. The molecule has 0 unspecified atom stereocenters. The number of halogens is 1. The quantitative estimate of drug-likeness (QED) is 0.829. The minimum atomic E-state index is -0.922. The number of ether oxygens (including phenoxy) is 1. The predicted molar refractivity (Wildman–Crippen MR) is 54.2 cm³/mol. The summed E-state index contributed by atoms with van der Waals surface area (Å²) in [4.78, 5) is 10.2. The minimum absolute atomic E-state index is 0.0845. The lowest BCUT2D eigenvalue weighted by Crippen LogP contribution is -1.90. The van der Waals surface area contributed by atoms with Crippen LogP contribution in [-0.2, 0) is 4.79 Å². The number of carbonyl (C=O) groups is 1. The van der Waals surface area contributed by atoms with Crippen LogP contribution in [0.15, 0.2) is 24.3 Å². The standard InChI is InChI=1S/C11H11FO3/c1-15-10-6-8(5-9(12)7-10)3-2-4-11(13)14/h2-3,5-7H,4H2,1H3,(H,13,14). The fourth-order valence-electron chi connectivity index (χ4n) is 1.09. The molecule has 0 saturated carbocycles. The van der Waals surface area contributed by atoms with Crippen molar-refractivity contribution in [3.8, 4) is 5.75 Å². The topological polar surface area (TPSA) is 46.5 Å². The van der Waals surface area contributed by atoms with Crippen LogP contribution in [0.5, 0.6) is 5.75 Å². The smallest absolute Gasteiger partial charge is 0.307 e. The maximum atomic E-state index is 13.0. The zero-order chi connectivity index (χ0) is 11.3. The van der Waals surface area contributed by atoms with Gasteiger partial charge in [-0.15, -0.1) is 0 Å². The number of rotatable bonds is 4. The zero-order valence-electron chi connectivity index (χ0n) is 8.24. The highest BCUT2D eigenvalue weighted by Crippen LogP contribution is 2.16. The van der Waals surface area contributed by atoms with Crippen molar-refractivity contribution in [2.24, 2.45) is 0 Å². The monoisotopic (exact) mass is 210 g/mol. The third-order valence-electron chi connectivity index (χ3n) is 1.73. The summed E-state index contributed by atoms with van der Waals surface area (Å²) < 4.78 is 17.8. The van der Waals surface area contributed by atoms with Gasteiger partial charge in [0.25, 0.3) is 0 Å². The molecular formula is C11H11FO3. The molecule has 0 heterocycles. The molecular weight excluding hydrogens is 199 g/mol. The molecule has 0 amide bonds. The molecule has 0 bridgehead atoms. The summed E-state index contributed by atoms with van der Waals surface area (Å²) in [7, 11) is 1.44. The molecule has 1 rings (SSSR count). The molecule has 0 aromatic heterocycles. The third-order valence-corrected chi connectivity index (χ3v) is 1.73. The Hall–Kier alpha value is -1.84. The van der Waals surface area contributed by atoms with Gasteiger partial charge in [0.15, 0.2) is 0 Å². The Bertz CT molecular complexity index is 385. The first-order valence-electron chi connectivity index (χ1n) is 4.34. The van der Waals surface area contributed by atoms with Crippen molar-refractivity contribution in [2.45, 2.75) is 6.42 Å². The Morgan fingerprint density at radius 2 is 2.27 bits per heavy atom. The van der Waals surface area contributed by atoms with Gasteiger partial charge in [-0.3, -0.25) is 4.79 Å². The van der Waals surface area contributed by atoms with Crippen LogP contribution in [0.1, 0.15) is 12.0 Å². The van der Waals surface area contributed by atoms with E-state index in [1.54, 1.807) is 12.1 Å². The fourth-order valence-corrected chi connectivity index (χ4v) is 1.09. The molecule has 1 N–H and O–H groups in total. The molecule has 80 valence electrons. The van der Waals surface area contributed by atoms with Gasteiger partial charge < -0.3 is 9.84 Å². The largest absolute Gasteiger partial charge is 0.497 e. The highest BCUT2D eigenvalue weighted by Gasteiger charge is 1.98. The number of hydrogen-bond donors (Lipinski definition) is 1. The van der Waals surface area contributed by atoms with Crippen LogP contribution in [-0.4, -0.2) is 18.2 Å². The Morgan fingerprint density at radius 3 is 2.87 bits per heavy atom. The van der Waals surface area contributed by atoms with E-state index in [1.807, 2.05) is 0 Å². The number of aliphatic carboxylic acids is 1. The van der Waals surface area contributed by atoms with E-state index in [0.717, 1.165) is 0 Å². The predicted octanol–water partition coefficient (Wildman–Crippen LogP) is 2.32. The lowest BCUT2D eigenvalue weighted by atomic mass is 10.2. The first kappa shape index (κ1) is 11.2. The van der Waals surface area contributed by atoms with Gasteiger partial charge in [-0.05, 0) is 17.7 Å². The number of carboxylic acid groups (broad SMARTS) is 1. The molecule has 0 saturated heterocycles. The van der Waals surface area contributed by atoms with E-state index in [2.05, 4.69) is 0 Å². The van der Waals surface area contributed by atoms with Gasteiger partial charge in [-0.2, -0.15) is 0 Å². The van der Waals surface area contributed by atoms with Crippen molar-refractivity contribution >= 4 is 12.0 Å². The average molecular weight is 210 g/mol. The Labute approximate surface area is 86.8 Å². The summed E-state index contributed by atoms with van der Waals surface area (Å²) in [6, 6.07) is 4.19. The van der Waals surface area contributed by atoms with Crippen LogP contribution >= 0.6 is 0 Å². The lowest BCUT2D eigenvalue weighted by Gasteiger charge is -2.01. The molecule has 0 aliphatic heterocycles. The van der Waals surface area contributed by atoms with Gasteiger partial charge >= 0.3 is 5.97 Å². The molecule has 0 fully saturated rings. The Balaban J connectivity index is 2.80. The van der Waals surface area contributed by atoms with Crippen molar-refractivity contribution in [2.75, 3.05) is 7.11 Å². The lowest BCUT2D eigenvalue weighted by molar-refractivity contribution is -0.135. The number of carboxylic acids is 1. The van der Waals surface area contributed by atoms with E-state index in [1.165, 1.54) is 25.3 Å². The van der Waals surface area contributed by atoms with Crippen LogP contribution in [0.2, 0.25) is 0 Å². The molecule has 1 aromatic rings. The minimum Gasteiger partial charge on any atom is -0.497 e. The van der Waals surface area contributed by atoms with E-state index >= 15 is 0 Å². The zero-order valence-corrected chi connectivity index (χ0v) is 8.24. The Morgan fingerprint density at radius 1 is 1.53 bits per heavy atom. The van der Waals surface area contributed by atoms with Gasteiger partial charge in [-0.25, -0.2) is 4.39 Å². The van der Waals surface area contributed by atoms with Crippen LogP contribution in [0.3, 0.4) is 0 Å². The molecule has 0 radical (unpaired) electrons. The van der Waals surface area contributed by atoms with E-state index < -0.39 is 11.8 Å². The van der Waals surface area contributed by atoms with Crippen molar-refractivity contribution in [1.82, 2.24) is 0 Å². The van der Waals surface area contributed by atoms with Crippen LogP contribution in [0.4, 0.5) is 4.39 Å². The van der Waals surface area contributed by atoms with Gasteiger partial charge in [0, 0.05) is 6.07 Å². The van der Waals surface area contributed by atoms with Crippen molar-refractivity contribution in [3.63, 3.8) is 0 Å². The molecule has 4 heteroatoms. The van der Waals surface area contributed by atoms with E-state index in [-0.39, 0.29) is 6.42 Å². The third kappa shape index (κ3) is 3.81. The molecule has 0 atom stereocenters. The first-order chi connectivity index (χ1) is 7.11. The van der Waals surface area contributed by atoms with Crippen LogP contribution in [0, 0.1) is 5.82 Å². The number of benzene rings is 1. The van der Waals surface area contributed by atoms with Crippen molar-refractivity contribution < 1.29 is 19.0 Å². The molecule has 0 aliphatic carbocycles. The number of methoxy groups -OCH3 is 1. The molecule has 0 aliphatic rings. The first-order valence-corrected chi connectivity index (χ1v) is 4.34. The van der Waals surface area contributed by atoms with E-state index in [0.29, 0.717) is 11.3 Å². The average Bonchev–Trinajstić information content (AvgIpc) is 2.16. The SMILES string of the molecule is COc1cc(F)cc(C=CCC(=O)O)c1. The highest BCUT2D eigenvalue weighted by molar-refractivity contribution is 5.70. The van der Waals surface area contributed by atoms with Gasteiger partial charge in [0.05, 0.1) is 13.5 Å². The van der Waals surface area contributed by atoms with Crippen molar-refractivity contribution in [1.29, 1.82) is 0 Å². The summed E-state index contributed by atoms with van der Waals surface area (Å²) in [5.74, 6) is -0.927.